The summed E-state index contributed by atoms with van der Waals surface area (Å²) in [6, 6.07) is 0. The Morgan fingerprint density at radius 2 is 2.36 bits per heavy atom. The first-order chi connectivity index (χ1) is 6.75. The molecule has 0 aromatic rings. The smallest absolute Gasteiger partial charge is 0.225 e. The van der Waals surface area contributed by atoms with E-state index >= 15 is 0 Å². The zero-order valence-corrected chi connectivity index (χ0v) is 10.7. The third-order valence-corrected chi connectivity index (χ3v) is 3.34. The molecular weight excluding hydrogens is 293 g/mol. The second kappa shape index (κ2) is 6.61. The molecule has 1 aliphatic rings. The number of unbranched alkanes of at least 4 members (excludes halogenated alkanes) is 1. The number of hydrogen-bond acceptors (Lipinski definition) is 2. The van der Waals surface area contributed by atoms with Crippen LogP contribution in [0.5, 0.6) is 0 Å². The molecule has 3 nitrogen and oxygen atoms in total. The van der Waals surface area contributed by atoms with Gasteiger partial charge in [-0.2, -0.15) is 0 Å². The average molecular weight is 311 g/mol. The van der Waals surface area contributed by atoms with Crippen LogP contribution in [-0.4, -0.2) is 29.6 Å². The van der Waals surface area contributed by atoms with Crippen molar-refractivity contribution in [3.63, 3.8) is 0 Å². The minimum absolute atomic E-state index is 0.0783. The summed E-state index contributed by atoms with van der Waals surface area (Å²) in [5.74, 6) is 0.248. The van der Waals surface area contributed by atoms with Crippen LogP contribution in [0.4, 0.5) is 0 Å². The van der Waals surface area contributed by atoms with Gasteiger partial charge in [0, 0.05) is 13.2 Å². The maximum absolute atomic E-state index is 11.6. The molecule has 0 bridgehead atoms. The molecule has 1 saturated heterocycles. The summed E-state index contributed by atoms with van der Waals surface area (Å²) < 4.78 is 6.52. The highest BCUT2D eigenvalue weighted by atomic mass is 127. The molecule has 1 amide bonds. The zero-order chi connectivity index (χ0) is 10.4. The summed E-state index contributed by atoms with van der Waals surface area (Å²) in [5, 5.41) is 2.97. The van der Waals surface area contributed by atoms with Crippen molar-refractivity contribution in [3.8, 4) is 0 Å². The number of nitrogens with one attached hydrogen (secondary N) is 1. The van der Waals surface area contributed by atoms with Gasteiger partial charge in [-0.25, -0.2) is 0 Å². The first kappa shape index (κ1) is 12.2. The number of carbonyl (C=O) groups is 1. The van der Waals surface area contributed by atoms with Crippen LogP contribution in [0, 0.1) is 5.92 Å². The van der Waals surface area contributed by atoms with E-state index in [2.05, 4.69) is 27.9 Å². The molecule has 4 heteroatoms. The van der Waals surface area contributed by atoms with Crippen LogP contribution in [0.2, 0.25) is 0 Å². The van der Waals surface area contributed by atoms with Crippen molar-refractivity contribution in [3.05, 3.63) is 0 Å². The Balaban J connectivity index is 2.14. The molecule has 82 valence electrons. The number of amides is 1. The second-order valence-corrected chi connectivity index (χ2v) is 4.74. The normalized spacial score (nSPS) is 26.4. The number of rotatable bonds is 5. The summed E-state index contributed by atoms with van der Waals surface area (Å²) in [5.41, 5.74) is 0. The van der Waals surface area contributed by atoms with Gasteiger partial charge in [-0.15, -0.1) is 0 Å². The highest BCUT2D eigenvalue weighted by Crippen LogP contribution is 2.20. The van der Waals surface area contributed by atoms with Crippen molar-refractivity contribution in [2.24, 2.45) is 5.92 Å². The fourth-order valence-corrected chi connectivity index (χ4v) is 2.18. The number of alkyl halides is 1. The summed E-state index contributed by atoms with van der Waals surface area (Å²) in [7, 11) is 0. The summed E-state index contributed by atoms with van der Waals surface area (Å²) in [4.78, 5) is 11.6. The molecule has 14 heavy (non-hydrogen) atoms. The summed E-state index contributed by atoms with van der Waals surface area (Å²) in [6.45, 7) is 3.51. The third-order valence-electron chi connectivity index (χ3n) is 2.57. The summed E-state index contributed by atoms with van der Waals surface area (Å²) >= 11 is 2.35. The van der Waals surface area contributed by atoms with Gasteiger partial charge in [0.1, 0.15) is 0 Å². The lowest BCUT2D eigenvalue weighted by Gasteiger charge is -2.13. The van der Waals surface area contributed by atoms with E-state index in [4.69, 9.17) is 4.74 Å². The molecule has 0 aromatic heterocycles. The van der Waals surface area contributed by atoms with Crippen molar-refractivity contribution in [2.75, 3.05) is 17.6 Å². The van der Waals surface area contributed by atoms with Crippen molar-refractivity contribution >= 4 is 28.5 Å². The second-order valence-electron chi connectivity index (χ2n) is 3.66. The van der Waals surface area contributed by atoms with Crippen LogP contribution in [0.3, 0.4) is 0 Å². The number of carbonyl (C=O) groups excluding carboxylic acids is 1. The minimum atomic E-state index is 0.0783. The first-order valence-corrected chi connectivity index (χ1v) is 6.73. The molecular formula is C10H18INO2. The predicted octanol–water partition coefficient (Wildman–Crippen LogP) is 1.74. The van der Waals surface area contributed by atoms with Gasteiger partial charge in [-0.1, -0.05) is 22.6 Å². The zero-order valence-electron chi connectivity index (χ0n) is 8.59. The van der Waals surface area contributed by atoms with Crippen LogP contribution in [0.25, 0.3) is 0 Å². The van der Waals surface area contributed by atoms with Crippen LogP contribution in [-0.2, 0) is 9.53 Å². The molecule has 1 rings (SSSR count). The van der Waals surface area contributed by atoms with Gasteiger partial charge in [-0.05, 0) is 30.6 Å². The molecule has 0 aliphatic carbocycles. The van der Waals surface area contributed by atoms with Gasteiger partial charge in [0.2, 0.25) is 5.91 Å². The van der Waals surface area contributed by atoms with Gasteiger partial charge < -0.3 is 10.1 Å². The van der Waals surface area contributed by atoms with Gasteiger partial charge >= 0.3 is 0 Å². The number of ether oxygens (including phenoxy) is 1. The summed E-state index contributed by atoms with van der Waals surface area (Å²) in [6.07, 6.45) is 3.23. The molecule has 1 aliphatic heterocycles. The van der Waals surface area contributed by atoms with E-state index in [1.807, 2.05) is 6.92 Å². The molecule has 0 radical (unpaired) electrons. The van der Waals surface area contributed by atoms with Crippen molar-refractivity contribution < 1.29 is 9.53 Å². The number of hydrogen-bond donors (Lipinski definition) is 1. The average Bonchev–Trinajstić information content (AvgIpc) is 2.59. The van der Waals surface area contributed by atoms with E-state index in [1.165, 1.54) is 6.42 Å². The van der Waals surface area contributed by atoms with Crippen LogP contribution < -0.4 is 5.32 Å². The Labute approximate surface area is 99.1 Å². The van der Waals surface area contributed by atoms with Gasteiger partial charge in [0.15, 0.2) is 0 Å². The highest BCUT2D eigenvalue weighted by molar-refractivity contribution is 14.1. The molecule has 0 spiro atoms. The first-order valence-electron chi connectivity index (χ1n) is 5.21. The highest BCUT2D eigenvalue weighted by Gasteiger charge is 2.30. The van der Waals surface area contributed by atoms with Gasteiger partial charge in [-0.3, -0.25) is 4.79 Å². The monoisotopic (exact) mass is 311 g/mol. The van der Waals surface area contributed by atoms with E-state index < -0.39 is 0 Å². The van der Waals surface area contributed by atoms with E-state index in [9.17, 15) is 4.79 Å². The predicted molar refractivity (Wildman–Crippen MR) is 64.7 cm³/mol. The van der Waals surface area contributed by atoms with E-state index in [-0.39, 0.29) is 17.9 Å². The molecule has 1 N–H and O–H groups in total. The molecule has 1 fully saturated rings. The van der Waals surface area contributed by atoms with Crippen LogP contribution in [0.1, 0.15) is 26.2 Å². The molecule has 2 unspecified atom stereocenters. The van der Waals surface area contributed by atoms with Gasteiger partial charge in [0.25, 0.3) is 0 Å². The fraction of sp³-hybridized carbons (Fsp3) is 0.900. The van der Waals surface area contributed by atoms with E-state index in [0.717, 1.165) is 30.4 Å². The van der Waals surface area contributed by atoms with E-state index in [0.29, 0.717) is 0 Å². The van der Waals surface area contributed by atoms with Crippen molar-refractivity contribution in [2.45, 2.75) is 32.3 Å². The SMILES string of the molecule is CC1OCCC1C(=O)NCCCCI. The maximum Gasteiger partial charge on any atom is 0.225 e. The van der Waals surface area contributed by atoms with Crippen LogP contribution in [0.15, 0.2) is 0 Å². The van der Waals surface area contributed by atoms with E-state index in [1.54, 1.807) is 0 Å². The Bertz CT molecular complexity index is 187. The number of halogens is 1. The lowest BCUT2D eigenvalue weighted by atomic mass is 10.0. The maximum atomic E-state index is 11.6. The fourth-order valence-electron chi connectivity index (χ4n) is 1.64. The third kappa shape index (κ3) is 3.73. The molecule has 2 atom stereocenters. The minimum Gasteiger partial charge on any atom is -0.378 e. The Kier molecular flexibility index (Phi) is 5.77. The molecule has 0 saturated carbocycles. The quantitative estimate of drug-likeness (QED) is 0.477. The standard InChI is InChI=1S/C10H18INO2/c1-8-9(4-7-14-8)10(13)12-6-3-2-5-11/h8-9H,2-7H2,1H3,(H,12,13). The van der Waals surface area contributed by atoms with Crippen molar-refractivity contribution in [1.82, 2.24) is 5.32 Å². The molecule has 0 aromatic carbocycles. The van der Waals surface area contributed by atoms with Crippen LogP contribution >= 0.6 is 22.6 Å². The topological polar surface area (TPSA) is 38.3 Å². The van der Waals surface area contributed by atoms with Gasteiger partial charge in [0.05, 0.1) is 12.0 Å². The Hall–Kier alpha value is 0.160. The Morgan fingerprint density at radius 1 is 1.57 bits per heavy atom. The lowest BCUT2D eigenvalue weighted by molar-refractivity contribution is -0.126. The van der Waals surface area contributed by atoms with Crippen molar-refractivity contribution in [1.29, 1.82) is 0 Å². The largest absolute Gasteiger partial charge is 0.378 e. The lowest BCUT2D eigenvalue weighted by Crippen LogP contribution is -2.34. The Morgan fingerprint density at radius 3 is 2.93 bits per heavy atom. The molecule has 1 heterocycles.